The number of esters is 1. The van der Waals surface area contributed by atoms with Gasteiger partial charge < -0.3 is 9.47 Å². The Balaban J connectivity index is 2.96. The number of hydrogen-bond acceptors (Lipinski definition) is 4. The van der Waals surface area contributed by atoms with Crippen LogP contribution in [-0.4, -0.2) is 25.5 Å². The average molecular weight is 222 g/mol. The Bertz CT molecular complexity index is 398. The molecule has 0 unspecified atom stereocenters. The van der Waals surface area contributed by atoms with Crippen molar-refractivity contribution in [1.82, 2.24) is 0 Å². The van der Waals surface area contributed by atoms with E-state index in [2.05, 4.69) is 4.74 Å². The molecule has 1 rings (SSSR count). The first-order valence-electron chi connectivity index (χ1n) is 4.89. The molecule has 0 radical (unpaired) electrons. The molecule has 0 saturated heterocycles. The van der Waals surface area contributed by atoms with E-state index in [0.29, 0.717) is 17.6 Å². The summed E-state index contributed by atoms with van der Waals surface area (Å²) in [6.07, 6.45) is -0.0309. The lowest BCUT2D eigenvalue weighted by molar-refractivity contribution is -0.147. The van der Waals surface area contributed by atoms with Crippen LogP contribution in [0.5, 0.6) is 5.75 Å². The highest BCUT2D eigenvalue weighted by atomic mass is 16.6. The molecule has 86 valence electrons. The molecule has 0 heterocycles. The van der Waals surface area contributed by atoms with Crippen LogP contribution in [0.25, 0.3) is 0 Å². The van der Waals surface area contributed by atoms with Crippen molar-refractivity contribution in [3.8, 4) is 5.75 Å². The zero-order valence-corrected chi connectivity index (χ0v) is 9.52. The molecule has 1 aromatic rings. The van der Waals surface area contributed by atoms with Gasteiger partial charge in [-0.05, 0) is 25.5 Å². The lowest BCUT2D eigenvalue weighted by Crippen LogP contribution is -2.25. The molecule has 1 atom stereocenters. The van der Waals surface area contributed by atoms with E-state index in [1.807, 2.05) is 13.0 Å². The number of carbonyl (C=O) groups excluding carboxylic acids is 2. The van der Waals surface area contributed by atoms with E-state index in [4.69, 9.17) is 4.74 Å². The highest BCUT2D eigenvalue weighted by Gasteiger charge is 2.17. The lowest BCUT2D eigenvalue weighted by atomic mass is 10.1. The Morgan fingerprint density at radius 2 is 2.12 bits per heavy atom. The van der Waals surface area contributed by atoms with E-state index in [-0.39, 0.29) is 0 Å². The summed E-state index contributed by atoms with van der Waals surface area (Å²) in [6, 6.07) is 5.21. The fraction of sp³-hybridized carbons (Fsp3) is 0.333. The molecule has 0 spiro atoms. The van der Waals surface area contributed by atoms with Crippen LogP contribution in [0.4, 0.5) is 0 Å². The van der Waals surface area contributed by atoms with Gasteiger partial charge in [0.15, 0.2) is 12.4 Å². The molecule has 0 bridgehead atoms. The Morgan fingerprint density at radius 1 is 1.44 bits per heavy atom. The quantitative estimate of drug-likeness (QED) is 0.575. The third-order valence-corrected chi connectivity index (χ3v) is 2.20. The molecule has 1 aromatic carbocycles. The normalized spacial score (nSPS) is 11.7. The van der Waals surface area contributed by atoms with Gasteiger partial charge in [-0.25, -0.2) is 4.79 Å². The van der Waals surface area contributed by atoms with Crippen LogP contribution < -0.4 is 4.74 Å². The van der Waals surface area contributed by atoms with Crippen LogP contribution in [-0.2, 0) is 9.53 Å². The second kappa shape index (κ2) is 5.30. The maximum atomic E-state index is 11.2. The summed E-state index contributed by atoms with van der Waals surface area (Å²) in [7, 11) is 1.29. The maximum absolute atomic E-state index is 11.2. The Kier molecular flexibility index (Phi) is 4.05. The van der Waals surface area contributed by atoms with Crippen molar-refractivity contribution in [3.05, 3.63) is 29.3 Å². The summed E-state index contributed by atoms with van der Waals surface area (Å²) in [4.78, 5) is 22.0. The summed E-state index contributed by atoms with van der Waals surface area (Å²) >= 11 is 0. The summed E-state index contributed by atoms with van der Waals surface area (Å²) in [5, 5.41) is 0. The van der Waals surface area contributed by atoms with Gasteiger partial charge >= 0.3 is 5.97 Å². The topological polar surface area (TPSA) is 52.6 Å². The molecule has 0 aliphatic heterocycles. The van der Waals surface area contributed by atoms with Crippen molar-refractivity contribution in [3.63, 3.8) is 0 Å². The predicted octanol–water partition coefficient (Wildman–Crippen LogP) is 1.75. The minimum atomic E-state index is -0.732. The van der Waals surface area contributed by atoms with Crippen molar-refractivity contribution in [2.75, 3.05) is 7.11 Å². The molecule has 4 heteroatoms. The molecule has 4 nitrogen and oxygen atoms in total. The van der Waals surface area contributed by atoms with Gasteiger partial charge in [0.1, 0.15) is 5.75 Å². The summed E-state index contributed by atoms with van der Waals surface area (Å²) in [5.41, 5.74) is 1.23. The molecule has 0 aliphatic rings. The zero-order valence-electron chi connectivity index (χ0n) is 9.52. The van der Waals surface area contributed by atoms with Gasteiger partial charge in [-0.2, -0.15) is 0 Å². The van der Waals surface area contributed by atoms with E-state index in [0.717, 1.165) is 5.56 Å². The van der Waals surface area contributed by atoms with Crippen LogP contribution in [0.1, 0.15) is 22.8 Å². The number of methoxy groups -OCH3 is 1. The fourth-order valence-electron chi connectivity index (χ4n) is 1.32. The Hall–Kier alpha value is -1.84. The van der Waals surface area contributed by atoms with Crippen molar-refractivity contribution >= 4 is 12.3 Å². The third-order valence-electron chi connectivity index (χ3n) is 2.20. The zero-order chi connectivity index (χ0) is 12.1. The molecule has 0 aliphatic carbocycles. The summed E-state index contributed by atoms with van der Waals surface area (Å²) < 4.78 is 9.96. The van der Waals surface area contributed by atoms with E-state index in [1.165, 1.54) is 7.11 Å². The average Bonchev–Trinajstić information content (AvgIpc) is 2.30. The predicted molar refractivity (Wildman–Crippen MR) is 58.7 cm³/mol. The fourth-order valence-corrected chi connectivity index (χ4v) is 1.32. The van der Waals surface area contributed by atoms with Gasteiger partial charge in [0.2, 0.25) is 0 Å². The molecular formula is C12H14O4. The van der Waals surface area contributed by atoms with Gasteiger partial charge in [-0.3, -0.25) is 4.79 Å². The van der Waals surface area contributed by atoms with Crippen molar-refractivity contribution in [2.24, 2.45) is 0 Å². The number of aldehydes is 1. The first-order valence-corrected chi connectivity index (χ1v) is 4.89. The molecule has 0 N–H and O–H groups in total. The second-order valence-electron chi connectivity index (χ2n) is 3.39. The Labute approximate surface area is 94.2 Å². The number of ether oxygens (including phenoxy) is 2. The third kappa shape index (κ3) is 2.59. The van der Waals surface area contributed by atoms with Crippen molar-refractivity contribution in [1.29, 1.82) is 0 Å². The van der Waals surface area contributed by atoms with Gasteiger partial charge in [0.25, 0.3) is 0 Å². The number of hydrogen-bond donors (Lipinski definition) is 0. The molecular weight excluding hydrogens is 208 g/mol. The minimum absolute atomic E-state index is 0.426. The van der Waals surface area contributed by atoms with Gasteiger partial charge in [0.05, 0.1) is 12.7 Å². The van der Waals surface area contributed by atoms with Gasteiger partial charge in [-0.1, -0.05) is 12.1 Å². The standard InChI is InChI=1S/C12H14O4/c1-8-5-4-6-10(7-13)11(8)16-9(2)12(14)15-3/h4-7,9H,1-3H3/t9-/m1/s1. The Morgan fingerprint density at radius 3 is 2.69 bits per heavy atom. The SMILES string of the molecule is COC(=O)[C@@H](C)Oc1c(C)cccc1C=O. The van der Waals surface area contributed by atoms with Crippen molar-refractivity contribution < 1.29 is 19.1 Å². The van der Waals surface area contributed by atoms with Crippen LogP contribution in [0.2, 0.25) is 0 Å². The largest absolute Gasteiger partial charge is 0.478 e. The number of benzene rings is 1. The minimum Gasteiger partial charge on any atom is -0.478 e. The number of carbonyl (C=O) groups is 2. The molecule has 16 heavy (non-hydrogen) atoms. The maximum Gasteiger partial charge on any atom is 0.346 e. The summed E-state index contributed by atoms with van der Waals surface area (Å²) in [6.45, 7) is 3.39. The second-order valence-corrected chi connectivity index (χ2v) is 3.39. The highest BCUT2D eigenvalue weighted by molar-refractivity contribution is 5.81. The highest BCUT2D eigenvalue weighted by Crippen LogP contribution is 2.23. The van der Waals surface area contributed by atoms with E-state index in [9.17, 15) is 9.59 Å². The number of para-hydroxylation sites is 1. The van der Waals surface area contributed by atoms with Crippen LogP contribution in [0.3, 0.4) is 0 Å². The van der Waals surface area contributed by atoms with E-state index in [1.54, 1.807) is 19.1 Å². The molecule has 0 fully saturated rings. The van der Waals surface area contributed by atoms with Crippen molar-refractivity contribution in [2.45, 2.75) is 20.0 Å². The summed E-state index contributed by atoms with van der Waals surface area (Å²) in [5.74, 6) is -0.0458. The first kappa shape index (κ1) is 12.2. The number of aryl methyl sites for hydroxylation is 1. The first-order chi connectivity index (χ1) is 7.60. The molecule has 0 aromatic heterocycles. The molecule has 0 amide bonds. The van der Waals surface area contributed by atoms with Gasteiger partial charge in [0, 0.05) is 0 Å². The molecule has 0 saturated carbocycles. The smallest absolute Gasteiger partial charge is 0.346 e. The lowest BCUT2D eigenvalue weighted by Gasteiger charge is -2.15. The van der Waals surface area contributed by atoms with E-state index >= 15 is 0 Å². The number of rotatable bonds is 4. The van der Waals surface area contributed by atoms with Crippen LogP contribution >= 0.6 is 0 Å². The van der Waals surface area contributed by atoms with E-state index < -0.39 is 12.1 Å². The van der Waals surface area contributed by atoms with Gasteiger partial charge in [-0.15, -0.1) is 0 Å². The van der Waals surface area contributed by atoms with Crippen LogP contribution in [0, 0.1) is 6.92 Å². The van der Waals surface area contributed by atoms with Crippen LogP contribution in [0.15, 0.2) is 18.2 Å². The monoisotopic (exact) mass is 222 g/mol.